The predicted octanol–water partition coefficient (Wildman–Crippen LogP) is 1.64. The molecule has 6 heteroatoms. The molecule has 1 N–H and O–H groups in total. The summed E-state index contributed by atoms with van der Waals surface area (Å²) in [6, 6.07) is 9.80. The van der Waals surface area contributed by atoms with Crippen LogP contribution in [0.15, 0.2) is 30.3 Å². The Morgan fingerprint density at radius 2 is 2.20 bits per heavy atom. The third-order valence-electron chi connectivity index (χ3n) is 4.66. The fourth-order valence-electron chi connectivity index (χ4n) is 3.19. The zero-order chi connectivity index (χ0) is 17.8. The molecule has 0 radical (unpaired) electrons. The molecule has 2 heterocycles. The highest BCUT2D eigenvalue weighted by atomic mass is 16.5. The molecule has 0 unspecified atom stereocenters. The van der Waals surface area contributed by atoms with Crippen LogP contribution in [0.2, 0.25) is 0 Å². The minimum absolute atomic E-state index is 0.00710. The molecule has 0 spiro atoms. The fraction of sp³-hybridized carbons (Fsp3) is 0.526. The maximum absolute atomic E-state index is 12.8. The van der Waals surface area contributed by atoms with Gasteiger partial charge in [0.15, 0.2) is 0 Å². The largest absolute Gasteiger partial charge is 0.379 e. The van der Waals surface area contributed by atoms with Gasteiger partial charge in [0, 0.05) is 31.1 Å². The summed E-state index contributed by atoms with van der Waals surface area (Å²) in [7, 11) is 5.96. The summed E-state index contributed by atoms with van der Waals surface area (Å²) in [6.07, 6.45) is 0.792. The lowest BCUT2D eigenvalue weighted by molar-refractivity contribution is -0.0562. The monoisotopic (exact) mass is 345 g/mol. The van der Waals surface area contributed by atoms with Gasteiger partial charge in [-0.25, -0.2) is 0 Å². The molecule has 6 nitrogen and oxygen atoms in total. The number of hydrogen-bond acceptors (Lipinski definition) is 4. The smallest absolute Gasteiger partial charge is 0.268 e. The predicted molar refractivity (Wildman–Crippen MR) is 97.9 cm³/mol. The van der Waals surface area contributed by atoms with Crippen LogP contribution in [0.5, 0.6) is 0 Å². The van der Waals surface area contributed by atoms with Crippen LogP contribution < -0.4 is 5.32 Å². The molecular formula is C19H27N3O3. The molecule has 1 saturated heterocycles. The van der Waals surface area contributed by atoms with Gasteiger partial charge in [0.2, 0.25) is 0 Å². The lowest BCUT2D eigenvalue weighted by atomic mass is 10.1. The molecule has 1 fully saturated rings. The van der Waals surface area contributed by atoms with Gasteiger partial charge in [-0.1, -0.05) is 18.2 Å². The summed E-state index contributed by atoms with van der Waals surface area (Å²) >= 11 is 0. The topological polar surface area (TPSA) is 55.7 Å². The molecule has 1 aromatic heterocycles. The number of benzene rings is 1. The molecular weight excluding hydrogens is 318 g/mol. The van der Waals surface area contributed by atoms with Gasteiger partial charge in [-0.15, -0.1) is 0 Å². The fourth-order valence-corrected chi connectivity index (χ4v) is 3.19. The van der Waals surface area contributed by atoms with E-state index >= 15 is 0 Å². The van der Waals surface area contributed by atoms with E-state index in [1.807, 2.05) is 56.0 Å². The van der Waals surface area contributed by atoms with Gasteiger partial charge >= 0.3 is 0 Å². The highest BCUT2D eigenvalue weighted by Crippen LogP contribution is 2.19. The van der Waals surface area contributed by atoms with Gasteiger partial charge < -0.3 is 24.3 Å². The van der Waals surface area contributed by atoms with Gasteiger partial charge in [0.25, 0.3) is 5.91 Å². The van der Waals surface area contributed by atoms with E-state index in [2.05, 4.69) is 10.2 Å². The summed E-state index contributed by atoms with van der Waals surface area (Å²) in [4.78, 5) is 14.9. The lowest BCUT2D eigenvalue weighted by Crippen LogP contribution is -2.51. The Labute approximate surface area is 148 Å². The van der Waals surface area contributed by atoms with Crippen molar-refractivity contribution in [2.24, 2.45) is 7.05 Å². The summed E-state index contributed by atoms with van der Waals surface area (Å²) in [6.45, 7) is 2.68. The quantitative estimate of drug-likeness (QED) is 0.865. The van der Waals surface area contributed by atoms with Gasteiger partial charge in [0.1, 0.15) is 5.69 Å². The van der Waals surface area contributed by atoms with Crippen LogP contribution in [-0.4, -0.2) is 68.0 Å². The molecule has 2 aromatic rings. The van der Waals surface area contributed by atoms with Crippen molar-refractivity contribution in [2.45, 2.75) is 18.6 Å². The van der Waals surface area contributed by atoms with E-state index in [0.717, 1.165) is 23.9 Å². The number of hydrogen-bond donors (Lipinski definition) is 1. The number of rotatable bonds is 6. The van der Waals surface area contributed by atoms with Gasteiger partial charge in [-0.3, -0.25) is 4.79 Å². The second-order valence-corrected chi connectivity index (χ2v) is 6.80. The third kappa shape index (κ3) is 4.21. The van der Waals surface area contributed by atoms with Crippen molar-refractivity contribution in [1.29, 1.82) is 0 Å². The standard InChI is InChI=1S/C19H27N3O3/c1-21(2)9-11-25-18-8-10-24-13-15(18)20-19(23)17-12-14-6-4-5-7-16(14)22(17)3/h4-7,12,15,18H,8-11,13H2,1-3H3,(H,20,23)/t15-,18+/m0/s1. The third-order valence-corrected chi connectivity index (χ3v) is 4.66. The Kier molecular flexibility index (Phi) is 5.73. The zero-order valence-corrected chi connectivity index (χ0v) is 15.2. The summed E-state index contributed by atoms with van der Waals surface area (Å²) < 4.78 is 13.5. The number of nitrogens with one attached hydrogen (secondary N) is 1. The number of nitrogens with zero attached hydrogens (tertiary/aromatic N) is 2. The van der Waals surface area contributed by atoms with E-state index in [1.165, 1.54) is 0 Å². The second-order valence-electron chi connectivity index (χ2n) is 6.80. The van der Waals surface area contributed by atoms with E-state index in [9.17, 15) is 4.79 Å². The van der Waals surface area contributed by atoms with Gasteiger partial charge in [-0.2, -0.15) is 0 Å². The molecule has 1 aliphatic heterocycles. The molecule has 0 saturated carbocycles. The van der Waals surface area contributed by atoms with Crippen molar-refractivity contribution < 1.29 is 14.3 Å². The van der Waals surface area contributed by atoms with E-state index in [-0.39, 0.29) is 18.1 Å². The minimum Gasteiger partial charge on any atom is -0.379 e. The van der Waals surface area contributed by atoms with Crippen molar-refractivity contribution in [3.63, 3.8) is 0 Å². The number of ether oxygens (including phenoxy) is 2. The van der Waals surface area contributed by atoms with Crippen LogP contribution in [0, 0.1) is 0 Å². The number of fused-ring (bicyclic) bond motifs is 1. The summed E-state index contributed by atoms with van der Waals surface area (Å²) in [5, 5.41) is 4.17. The summed E-state index contributed by atoms with van der Waals surface area (Å²) in [5.41, 5.74) is 1.70. The molecule has 136 valence electrons. The first-order valence-electron chi connectivity index (χ1n) is 8.75. The Bertz CT molecular complexity index is 726. The Balaban J connectivity index is 1.68. The van der Waals surface area contributed by atoms with Crippen LogP contribution in [0.3, 0.4) is 0 Å². The van der Waals surface area contributed by atoms with Crippen molar-refractivity contribution in [3.05, 3.63) is 36.0 Å². The number of carbonyl (C=O) groups is 1. The van der Waals surface area contributed by atoms with E-state index in [1.54, 1.807) is 0 Å². The highest BCUT2D eigenvalue weighted by molar-refractivity contribution is 5.98. The first-order valence-corrected chi connectivity index (χ1v) is 8.75. The van der Waals surface area contributed by atoms with Gasteiger partial charge in [0.05, 0.1) is 25.4 Å². The van der Waals surface area contributed by atoms with Crippen molar-refractivity contribution >= 4 is 16.8 Å². The number of aromatic nitrogens is 1. The van der Waals surface area contributed by atoms with E-state index in [4.69, 9.17) is 9.47 Å². The van der Waals surface area contributed by atoms with Crippen LogP contribution in [0.4, 0.5) is 0 Å². The van der Waals surface area contributed by atoms with Crippen LogP contribution in [0.1, 0.15) is 16.9 Å². The SMILES string of the molecule is CN(C)CCO[C@@H]1CCOC[C@@H]1NC(=O)c1cc2ccccc2n1C. The molecule has 1 aliphatic rings. The first kappa shape index (κ1) is 17.9. The second kappa shape index (κ2) is 7.99. The molecule has 3 rings (SSSR count). The maximum atomic E-state index is 12.8. The van der Waals surface area contributed by atoms with Crippen LogP contribution >= 0.6 is 0 Å². The molecule has 1 aromatic carbocycles. The zero-order valence-electron chi connectivity index (χ0n) is 15.2. The van der Waals surface area contributed by atoms with Crippen molar-refractivity contribution in [1.82, 2.24) is 14.8 Å². The Hall–Kier alpha value is -1.89. The van der Waals surface area contributed by atoms with Crippen molar-refractivity contribution in [3.8, 4) is 0 Å². The average molecular weight is 345 g/mol. The molecule has 1 amide bonds. The normalized spacial score (nSPS) is 21.0. The van der Waals surface area contributed by atoms with E-state index < -0.39 is 0 Å². The Morgan fingerprint density at radius 3 is 2.96 bits per heavy atom. The average Bonchev–Trinajstić information content (AvgIpc) is 2.93. The molecule has 0 aliphatic carbocycles. The van der Waals surface area contributed by atoms with E-state index in [0.29, 0.717) is 25.5 Å². The number of amides is 1. The minimum atomic E-state index is -0.124. The first-order chi connectivity index (χ1) is 12.1. The number of carbonyl (C=O) groups excluding carboxylic acids is 1. The van der Waals surface area contributed by atoms with Crippen molar-refractivity contribution in [2.75, 3.05) is 40.5 Å². The highest BCUT2D eigenvalue weighted by Gasteiger charge is 2.29. The number of aryl methyl sites for hydroxylation is 1. The molecule has 0 bridgehead atoms. The van der Waals surface area contributed by atoms with Crippen LogP contribution in [0.25, 0.3) is 10.9 Å². The number of para-hydroxylation sites is 1. The maximum Gasteiger partial charge on any atom is 0.268 e. The molecule has 25 heavy (non-hydrogen) atoms. The van der Waals surface area contributed by atoms with Gasteiger partial charge in [-0.05, 0) is 32.6 Å². The number of likely N-dealkylation sites (N-methyl/N-ethyl adjacent to an activating group) is 1. The lowest BCUT2D eigenvalue weighted by Gasteiger charge is -2.32. The van der Waals surface area contributed by atoms with Crippen LogP contribution in [-0.2, 0) is 16.5 Å². The Morgan fingerprint density at radius 1 is 1.40 bits per heavy atom. The summed E-state index contributed by atoms with van der Waals surface area (Å²) in [5.74, 6) is -0.0876. The molecule has 2 atom stereocenters.